The molecular weight excluding hydrogens is 478 g/mol. The summed E-state index contributed by atoms with van der Waals surface area (Å²) in [5, 5.41) is 70.4. The van der Waals surface area contributed by atoms with Gasteiger partial charge in [-0.05, 0) is 0 Å². The van der Waals surface area contributed by atoms with Gasteiger partial charge in [-0.15, -0.1) is 0 Å². The molecule has 3 rings (SSSR count). The molecule has 0 amide bonds. The maximum absolute atomic E-state index is 10.9. The predicted octanol–water partition coefficient (Wildman–Crippen LogP) is -7.02. The normalized spacial score (nSPS) is 51.3. The molecule has 0 aliphatic carbocycles. The molecule has 3 heterocycles. The number of aliphatic hydroxyl groups excluding tert-OH is 7. The van der Waals surface area contributed by atoms with Gasteiger partial charge in [0.1, 0.15) is 54.9 Å². The maximum Gasteiger partial charge on any atom is 0.176 e. The molecule has 3 aliphatic rings. The van der Waals surface area contributed by atoms with Crippen LogP contribution in [0.3, 0.4) is 0 Å². The smallest absolute Gasteiger partial charge is 0.176 e. The molecule has 15 atom stereocenters. The quantitative estimate of drug-likeness (QED) is 0.144. The molecule has 206 valence electrons. The summed E-state index contributed by atoms with van der Waals surface area (Å²) in [6, 6.07) is -3.59. The minimum absolute atomic E-state index is 0.564. The van der Waals surface area contributed by atoms with E-state index in [0.717, 1.165) is 0 Å². The zero-order chi connectivity index (χ0) is 26.0. The first-order chi connectivity index (χ1) is 16.6. The Hall–Kier alpha value is -0.640. The molecule has 13 N–H and O–H groups in total. The Balaban J connectivity index is 1.72. The van der Waals surface area contributed by atoms with Crippen LogP contribution in [0.4, 0.5) is 0 Å². The van der Waals surface area contributed by atoms with Gasteiger partial charge in [0.15, 0.2) is 18.9 Å². The summed E-state index contributed by atoms with van der Waals surface area (Å²) in [5.41, 5.74) is 17.9. The van der Waals surface area contributed by atoms with Crippen LogP contribution in [0.2, 0.25) is 0 Å². The Morgan fingerprint density at radius 2 is 0.943 bits per heavy atom. The van der Waals surface area contributed by atoms with Crippen molar-refractivity contribution in [2.45, 2.75) is 91.9 Å². The van der Waals surface area contributed by atoms with Crippen LogP contribution in [0.25, 0.3) is 0 Å². The SMILES string of the molecule is CO[C@H]1OC(CO)C(OC2OC(CO)C(O[C@H]3OC(CO)C(O)[C@H](O)[C@H]3N)[C@H](O)[C@@H]2N)[C@H](O)[C@H]1N. The minimum atomic E-state index is -1.53. The van der Waals surface area contributed by atoms with Crippen molar-refractivity contribution in [3.8, 4) is 0 Å². The van der Waals surface area contributed by atoms with E-state index in [9.17, 15) is 35.7 Å². The third-order valence-corrected chi connectivity index (χ3v) is 6.54. The maximum atomic E-state index is 10.9. The molecule has 3 aliphatic heterocycles. The third kappa shape index (κ3) is 5.78. The molecule has 3 fully saturated rings. The van der Waals surface area contributed by atoms with Gasteiger partial charge >= 0.3 is 0 Å². The van der Waals surface area contributed by atoms with Crippen LogP contribution in [-0.2, 0) is 28.4 Å². The van der Waals surface area contributed by atoms with E-state index < -0.39 is 112 Å². The zero-order valence-corrected chi connectivity index (χ0v) is 19.1. The third-order valence-electron chi connectivity index (χ3n) is 6.54. The highest BCUT2D eigenvalue weighted by molar-refractivity contribution is 4.98. The van der Waals surface area contributed by atoms with Crippen molar-refractivity contribution in [2.75, 3.05) is 26.9 Å². The largest absolute Gasteiger partial charge is 0.394 e. The van der Waals surface area contributed by atoms with E-state index >= 15 is 0 Å². The van der Waals surface area contributed by atoms with Gasteiger partial charge < -0.3 is 81.4 Å². The van der Waals surface area contributed by atoms with E-state index in [1.807, 2.05) is 0 Å². The predicted molar refractivity (Wildman–Crippen MR) is 112 cm³/mol. The van der Waals surface area contributed by atoms with Crippen LogP contribution in [0.15, 0.2) is 0 Å². The van der Waals surface area contributed by atoms with Crippen molar-refractivity contribution < 1.29 is 64.2 Å². The monoisotopic (exact) mass is 515 g/mol. The molecule has 3 saturated heterocycles. The number of rotatable bonds is 8. The first-order valence-electron chi connectivity index (χ1n) is 11.2. The van der Waals surface area contributed by atoms with Crippen LogP contribution in [0.1, 0.15) is 0 Å². The second kappa shape index (κ2) is 12.3. The molecule has 0 spiro atoms. The Kier molecular flexibility index (Phi) is 10.1. The average Bonchev–Trinajstić information content (AvgIpc) is 2.86. The summed E-state index contributed by atoms with van der Waals surface area (Å²) in [6.07, 6.45) is -15.7. The van der Waals surface area contributed by atoms with E-state index in [1.165, 1.54) is 7.11 Å². The van der Waals surface area contributed by atoms with Crippen molar-refractivity contribution in [3.63, 3.8) is 0 Å². The van der Waals surface area contributed by atoms with Crippen molar-refractivity contribution in [2.24, 2.45) is 17.2 Å². The highest BCUT2D eigenvalue weighted by Crippen LogP contribution is 2.31. The average molecular weight is 516 g/mol. The molecule has 7 unspecified atom stereocenters. The van der Waals surface area contributed by atoms with Crippen LogP contribution in [-0.4, -0.2) is 155 Å². The molecule has 0 radical (unpaired) electrons. The van der Waals surface area contributed by atoms with Crippen LogP contribution >= 0.6 is 0 Å². The van der Waals surface area contributed by atoms with Gasteiger partial charge in [-0.1, -0.05) is 0 Å². The molecular formula is C19H37N3O13. The van der Waals surface area contributed by atoms with Gasteiger partial charge in [0.25, 0.3) is 0 Å². The van der Waals surface area contributed by atoms with Crippen LogP contribution < -0.4 is 17.2 Å². The lowest BCUT2D eigenvalue weighted by atomic mass is 9.94. The first kappa shape index (κ1) is 28.9. The summed E-state index contributed by atoms with van der Waals surface area (Å²) >= 11 is 0. The molecule has 0 aromatic carbocycles. The lowest BCUT2D eigenvalue weighted by molar-refractivity contribution is -0.349. The lowest BCUT2D eigenvalue weighted by Crippen LogP contribution is -2.69. The van der Waals surface area contributed by atoms with E-state index in [0.29, 0.717) is 0 Å². The molecule has 0 aromatic heterocycles. The number of hydrogen-bond donors (Lipinski definition) is 10. The van der Waals surface area contributed by atoms with Gasteiger partial charge in [0.05, 0.1) is 37.9 Å². The standard InChI is InChI=1S/C19H37N3O13/c1-30-17-9(21)13(28)15(6(3-24)32-17)35-19-10(22)14(29)16(7(4-25)33-19)34-18-8(20)12(27)11(26)5(2-23)31-18/h5-19,23-29H,2-4,20-22H2,1H3/t5?,6?,7?,8-,9-,10+,11?,12-,13-,14-,15?,16?,17+,18-,19?/m1/s1. The second-order valence-corrected chi connectivity index (χ2v) is 8.81. The van der Waals surface area contributed by atoms with Gasteiger partial charge in [0, 0.05) is 7.11 Å². The Morgan fingerprint density at radius 1 is 0.571 bits per heavy atom. The van der Waals surface area contributed by atoms with Gasteiger partial charge in [-0.3, -0.25) is 0 Å². The number of hydrogen-bond acceptors (Lipinski definition) is 16. The fraction of sp³-hybridized carbons (Fsp3) is 1.00. The van der Waals surface area contributed by atoms with E-state index in [1.54, 1.807) is 0 Å². The highest BCUT2D eigenvalue weighted by Gasteiger charge is 2.52. The van der Waals surface area contributed by atoms with Crippen molar-refractivity contribution in [1.29, 1.82) is 0 Å². The summed E-state index contributed by atoms with van der Waals surface area (Å²) in [7, 11) is 1.32. The second-order valence-electron chi connectivity index (χ2n) is 8.81. The van der Waals surface area contributed by atoms with Gasteiger partial charge in [-0.25, -0.2) is 0 Å². The molecule has 16 nitrogen and oxygen atoms in total. The van der Waals surface area contributed by atoms with Crippen molar-refractivity contribution in [3.05, 3.63) is 0 Å². The summed E-state index contributed by atoms with van der Waals surface area (Å²) < 4.78 is 33.1. The molecule has 0 bridgehead atoms. The number of ether oxygens (including phenoxy) is 6. The first-order valence-corrected chi connectivity index (χ1v) is 11.2. The van der Waals surface area contributed by atoms with E-state index in [4.69, 9.17) is 45.6 Å². The fourth-order valence-electron chi connectivity index (χ4n) is 4.38. The molecule has 16 heteroatoms. The van der Waals surface area contributed by atoms with E-state index in [-0.39, 0.29) is 0 Å². The summed E-state index contributed by atoms with van der Waals surface area (Å²) in [5.74, 6) is 0. The Labute approximate surface area is 201 Å². The van der Waals surface area contributed by atoms with Crippen molar-refractivity contribution >= 4 is 0 Å². The van der Waals surface area contributed by atoms with Crippen molar-refractivity contribution in [1.82, 2.24) is 0 Å². The molecule has 35 heavy (non-hydrogen) atoms. The summed E-state index contributed by atoms with van der Waals surface area (Å²) in [6.45, 7) is -1.88. The fourth-order valence-corrected chi connectivity index (χ4v) is 4.38. The van der Waals surface area contributed by atoms with Gasteiger partial charge in [-0.2, -0.15) is 0 Å². The molecule has 0 saturated carbocycles. The van der Waals surface area contributed by atoms with E-state index in [2.05, 4.69) is 0 Å². The highest BCUT2D eigenvalue weighted by atomic mass is 16.7. The van der Waals surface area contributed by atoms with Gasteiger partial charge in [0.2, 0.25) is 0 Å². The Morgan fingerprint density at radius 3 is 1.37 bits per heavy atom. The zero-order valence-electron chi connectivity index (χ0n) is 19.1. The lowest BCUT2D eigenvalue weighted by Gasteiger charge is -2.48. The van der Waals surface area contributed by atoms with Crippen LogP contribution in [0.5, 0.6) is 0 Å². The number of nitrogens with two attached hydrogens (primary N) is 3. The Bertz CT molecular complexity index is 661. The van der Waals surface area contributed by atoms with Crippen LogP contribution in [0, 0.1) is 0 Å². The number of aliphatic hydroxyl groups is 7. The molecule has 0 aromatic rings. The number of methoxy groups -OCH3 is 1. The topological polar surface area (TPSA) is 275 Å². The summed E-state index contributed by atoms with van der Waals surface area (Å²) in [4.78, 5) is 0. The minimum Gasteiger partial charge on any atom is -0.394 e.